The van der Waals surface area contributed by atoms with Gasteiger partial charge in [-0.15, -0.1) is 5.10 Å². The number of aryl methyl sites for hydroxylation is 1. The van der Waals surface area contributed by atoms with Crippen LogP contribution < -0.4 is 0 Å². The molecule has 0 radical (unpaired) electrons. The molecular formula is C10H8FN3O2. The van der Waals surface area contributed by atoms with Gasteiger partial charge in [-0.2, -0.15) is 0 Å². The number of hydrogen-bond donors (Lipinski definition) is 1. The van der Waals surface area contributed by atoms with Crippen LogP contribution >= 0.6 is 0 Å². The van der Waals surface area contributed by atoms with E-state index in [2.05, 4.69) is 10.1 Å². The summed E-state index contributed by atoms with van der Waals surface area (Å²) < 4.78 is 14.3. The van der Waals surface area contributed by atoms with Gasteiger partial charge in [-0.05, 0) is 25.1 Å². The first kappa shape index (κ1) is 10.3. The average molecular weight is 221 g/mol. The van der Waals surface area contributed by atoms with E-state index in [0.29, 0.717) is 11.5 Å². The zero-order valence-electron chi connectivity index (χ0n) is 8.38. The van der Waals surface area contributed by atoms with E-state index in [1.807, 2.05) is 0 Å². The van der Waals surface area contributed by atoms with Gasteiger partial charge >= 0.3 is 5.97 Å². The lowest BCUT2D eigenvalue weighted by atomic mass is 10.3. The van der Waals surface area contributed by atoms with Crippen molar-refractivity contribution in [3.05, 3.63) is 41.7 Å². The van der Waals surface area contributed by atoms with Crippen LogP contribution in [0.5, 0.6) is 0 Å². The Labute approximate surface area is 90.2 Å². The average Bonchev–Trinajstić information content (AvgIpc) is 2.60. The summed E-state index contributed by atoms with van der Waals surface area (Å²) in [4.78, 5) is 14.4. The summed E-state index contributed by atoms with van der Waals surface area (Å²) in [5, 5.41) is 12.5. The van der Waals surface area contributed by atoms with Gasteiger partial charge in [0.1, 0.15) is 11.6 Å². The van der Waals surface area contributed by atoms with E-state index < -0.39 is 11.8 Å². The molecule has 5 nitrogen and oxygen atoms in total. The van der Waals surface area contributed by atoms with E-state index >= 15 is 0 Å². The van der Waals surface area contributed by atoms with Gasteiger partial charge in [0.15, 0.2) is 0 Å². The molecule has 0 saturated carbocycles. The molecule has 1 N–H and O–H groups in total. The minimum atomic E-state index is -1.21. The summed E-state index contributed by atoms with van der Waals surface area (Å²) in [5.74, 6) is -1.53. The van der Waals surface area contributed by atoms with Crippen molar-refractivity contribution in [2.75, 3.05) is 0 Å². The van der Waals surface area contributed by atoms with Crippen LogP contribution in [0.15, 0.2) is 24.3 Å². The Kier molecular flexibility index (Phi) is 2.40. The van der Waals surface area contributed by atoms with Crippen LogP contribution in [0.4, 0.5) is 4.39 Å². The van der Waals surface area contributed by atoms with Gasteiger partial charge in [-0.1, -0.05) is 6.07 Å². The first-order valence-electron chi connectivity index (χ1n) is 4.51. The fourth-order valence-electron chi connectivity index (χ4n) is 1.33. The smallest absolute Gasteiger partial charge is 0.375 e. The van der Waals surface area contributed by atoms with Gasteiger partial charge in [0.05, 0.1) is 5.69 Å². The summed E-state index contributed by atoms with van der Waals surface area (Å²) in [7, 11) is 0. The highest BCUT2D eigenvalue weighted by Crippen LogP contribution is 2.11. The molecule has 0 unspecified atom stereocenters. The highest BCUT2D eigenvalue weighted by molar-refractivity contribution is 5.83. The Morgan fingerprint density at radius 3 is 2.81 bits per heavy atom. The highest BCUT2D eigenvalue weighted by atomic mass is 19.1. The van der Waals surface area contributed by atoms with Gasteiger partial charge < -0.3 is 5.11 Å². The maximum Gasteiger partial charge on any atom is 0.375 e. The molecule has 1 heterocycles. The monoisotopic (exact) mass is 221 g/mol. The summed E-state index contributed by atoms with van der Waals surface area (Å²) in [6.45, 7) is 1.60. The molecule has 1 aromatic carbocycles. The molecule has 6 heteroatoms. The second kappa shape index (κ2) is 3.73. The molecule has 2 aromatic rings. The normalized spacial score (nSPS) is 10.4. The lowest BCUT2D eigenvalue weighted by molar-refractivity contribution is 0.0683. The zero-order valence-corrected chi connectivity index (χ0v) is 8.38. The maximum absolute atomic E-state index is 13.0. The fraction of sp³-hybridized carbons (Fsp3) is 0.100. The number of carboxylic acid groups (broad SMARTS) is 1. The van der Waals surface area contributed by atoms with E-state index in [1.54, 1.807) is 13.0 Å². The van der Waals surface area contributed by atoms with Crippen molar-refractivity contribution in [3.8, 4) is 5.69 Å². The van der Waals surface area contributed by atoms with E-state index in [4.69, 9.17) is 5.11 Å². The summed E-state index contributed by atoms with van der Waals surface area (Å²) in [5.41, 5.74) is 0.442. The zero-order chi connectivity index (χ0) is 11.7. The minimum Gasteiger partial charge on any atom is -0.475 e. The summed E-state index contributed by atoms with van der Waals surface area (Å²) >= 11 is 0. The van der Waals surface area contributed by atoms with E-state index in [-0.39, 0.29) is 5.82 Å². The number of carbonyl (C=O) groups is 1. The minimum absolute atomic E-state index is 0.304. The van der Waals surface area contributed by atoms with E-state index in [0.717, 1.165) is 0 Å². The second-order valence-corrected chi connectivity index (χ2v) is 3.18. The van der Waals surface area contributed by atoms with Crippen molar-refractivity contribution in [2.24, 2.45) is 0 Å². The predicted octanol–water partition coefficient (Wildman–Crippen LogP) is 1.41. The van der Waals surface area contributed by atoms with E-state index in [1.165, 1.54) is 22.9 Å². The third-order valence-electron chi connectivity index (χ3n) is 2.01. The van der Waals surface area contributed by atoms with Crippen molar-refractivity contribution >= 4 is 5.97 Å². The fourth-order valence-corrected chi connectivity index (χ4v) is 1.33. The van der Waals surface area contributed by atoms with Crippen molar-refractivity contribution in [3.63, 3.8) is 0 Å². The largest absolute Gasteiger partial charge is 0.475 e. The molecule has 0 spiro atoms. The lowest BCUT2D eigenvalue weighted by Gasteiger charge is -2.01. The molecule has 0 aliphatic carbocycles. The molecule has 0 saturated heterocycles. The van der Waals surface area contributed by atoms with Crippen LogP contribution in [0.25, 0.3) is 5.69 Å². The Morgan fingerprint density at radius 2 is 2.25 bits per heavy atom. The Bertz CT molecular complexity index is 551. The molecular weight excluding hydrogens is 213 g/mol. The number of aromatic nitrogens is 3. The van der Waals surface area contributed by atoms with E-state index in [9.17, 15) is 9.18 Å². The van der Waals surface area contributed by atoms with Crippen LogP contribution in [0.1, 0.15) is 16.4 Å². The number of aromatic carboxylic acids is 1. The summed E-state index contributed by atoms with van der Waals surface area (Å²) in [6, 6.07) is 5.70. The Morgan fingerprint density at radius 1 is 1.50 bits per heavy atom. The Balaban J connectivity index is 2.52. The van der Waals surface area contributed by atoms with Crippen LogP contribution in [-0.2, 0) is 0 Å². The topological polar surface area (TPSA) is 68.0 Å². The molecule has 2 rings (SSSR count). The van der Waals surface area contributed by atoms with Crippen molar-refractivity contribution in [1.29, 1.82) is 0 Å². The Hall–Kier alpha value is -2.24. The number of rotatable bonds is 2. The molecule has 0 aliphatic rings. The van der Waals surface area contributed by atoms with Crippen LogP contribution in [0, 0.1) is 12.7 Å². The highest BCUT2D eigenvalue weighted by Gasteiger charge is 2.13. The standard InChI is InChI=1S/C10H8FN3O2/c1-6-12-9(10(15)16)13-14(6)8-4-2-3-7(11)5-8/h2-5H,1H3,(H,15,16). The number of carboxylic acids is 1. The predicted molar refractivity (Wildman–Crippen MR) is 53.0 cm³/mol. The van der Waals surface area contributed by atoms with Crippen molar-refractivity contribution in [2.45, 2.75) is 6.92 Å². The lowest BCUT2D eigenvalue weighted by Crippen LogP contribution is -2.02. The molecule has 0 fully saturated rings. The molecule has 82 valence electrons. The molecule has 0 atom stereocenters. The van der Waals surface area contributed by atoms with Gasteiger partial charge in [0.2, 0.25) is 0 Å². The SMILES string of the molecule is Cc1nc(C(=O)O)nn1-c1cccc(F)c1. The number of nitrogens with zero attached hydrogens (tertiary/aromatic N) is 3. The number of halogens is 1. The summed E-state index contributed by atoms with van der Waals surface area (Å²) in [6.07, 6.45) is 0. The third kappa shape index (κ3) is 1.77. The van der Waals surface area contributed by atoms with Gasteiger partial charge in [0.25, 0.3) is 5.82 Å². The first-order chi connectivity index (χ1) is 7.58. The third-order valence-corrected chi connectivity index (χ3v) is 2.01. The van der Waals surface area contributed by atoms with Crippen molar-refractivity contribution < 1.29 is 14.3 Å². The van der Waals surface area contributed by atoms with Crippen molar-refractivity contribution in [1.82, 2.24) is 14.8 Å². The number of benzene rings is 1. The van der Waals surface area contributed by atoms with Gasteiger partial charge in [-0.25, -0.2) is 18.9 Å². The van der Waals surface area contributed by atoms with Gasteiger partial charge in [-0.3, -0.25) is 0 Å². The first-order valence-corrected chi connectivity index (χ1v) is 4.51. The second-order valence-electron chi connectivity index (χ2n) is 3.18. The molecule has 1 aromatic heterocycles. The number of hydrogen-bond acceptors (Lipinski definition) is 3. The molecule has 0 amide bonds. The molecule has 16 heavy (non-hydrogen) atoms. The van der Waals surface area contributed by atoms with Crippen LogP contribution in [-0.4, -0.2) is 25.8 Å². The maximum atomic E-state index is 13.0. The van der Waals surface area contributed by atoms with Crippen LogP contribution in [0.3, 0.4) is 0 Å². The van der Waals surface area contributed by atoms with Crippen LogP contribution in [0.2, 0.25) is 0 Å². The van der Waals surface area contributed by atoms with Gasteiger partial charge in [0, 0.05) is 0 Å². The molecule has 0 aliphatic heterocycles. The quantitative estimate of drug-likeness (QED) is 0.832. The molecule has 0 bridgehead atoms.